The quantitative estimate of drug-likeness (QED) is 0.810. The Morgan fingerprint density at radius 2 is 2.12 bits per heavy atom. The van der Waals surface area contributed by atoms with Gasteiger partial charge in [-0.1, -0.05) is 6.92 Å². The third-order valence-corrected chi connectivity index (χ3v) is 5.68. The molecule has 2 saturated heterocycles. The third-order valence-electron chi connectivity index (χ3n) is 5.68. The van der Waals surface area contributed by atoms with E-state index in [1.807, 2.05) is 12.4 Å². The number of aromatic nitrogens is 2. The molecule has 0 spiro atoms. The zero-order valence-corrected chi connectivity index (χ0v) is 15.2. The number of hydrogen-bond donors (Lipinski definition) is 2. The van der Waals surface area contributed by atoms with E-state index in [0.29, 0.717) is 12.4 Å². The SMILES string of the molecule is CCCNc1ncc(CN2CC[C@@]3(C(=O)O)CCCN(C)[C@@H]3C2)cn1. The summed E-state index contributed by atoms with van der Waals surface area (Å²) in [5, 5.41) is 13.0. The average Bonchev–Trinajstić information content (AvgIpc) is 2.62. The van der Waals surface area contributed by atoms with Crippen molar-refractivity contribution in [2.45, 2.75) is 45.2 Å². The number of nitrogens with zero attached hydrogens (tertiary/aromatic N) is 4. The summed E-state index contributed by atoms with van der Waals surface area (Å²) < 4.78 is 0. The lowest BCUT2D eigenvalue weighted by Crippen LogP contribution is -2.62. The van der Waals surface area contributed by atoms with Gasteiger partial charge in [0, 0.05) is 43.6 Å². The minimum absolute atomic E-state index is 0.0823. The smallest absolute Gasteiger partial charge is 0.311 e. The van der Waals surface area contributed by atoms with Crippen molar-refractivity contribution in [2.75, 3.05) is 38.5 Å². The standard InChI is InChI=1S/C18H29N5O2/c1-3-7-19-17-20-10-14(11-21-17)12-23-9-6-18(16(24)25)5-4-8-22(2)15(18)13-23/h10-11,15H,3-9,12-13H2,1-2H3,(H,24,25)(H,19,20,21)/t15-,18+/m1/s1. The second-order valence-corrected chi connectivity index (χ2v) is 7.39. The molecule has 0 aliphatic carbocycles. The Bertz CT molecular complexity index is 594. The van der Waals surface area contributed by atoms with E-state index in [2.05, 4.69) is 39.1 Å². The van der Waals surface area contributed by atoms with Gasteiger partial charge in [0.2, 0.25) is 5.95 Å². The van der Waals surface area contributed by atoms with Gasteiger partial charge in [0.25, 0.3) is 0 Å². The fourth-order valence-corrected chi connectivity index (χ4v) is 4.21. The van der Waals surface area contributed by atoms with Gasteiger partial charge in [0.15, 0.2) is 0 Å². The number of rotatable bonds is 6. The second kappa shape index (κ2) is 7.66. The van der Waals surface area contributed by atoms with Crippen LogP contribution in [-0.4, -0.2) is 70.1 Å². The predicted molar refractivity (Wildman–Crippen MR) is 96.4 cm³/mol. The number of hydrogen-bond acceptors (Lipinski definition) is 6. The Morgan fingerprint density at radius 1 is 1.36 bits per heavy atom. The maximum atomic E-state index is 12.0. The number of piperidine rings is 2. The molecular formula is C18H29N5O2. The minimum atomic E-state index is -0.626. The third kappa shape index (κ3) is 3.77. The Kier molecular flexibility index (Phi) is 5.54. The van der Waals surface area contributed by atoms with Crippen LogP contribution in [0, 0.1) is 5.41 Å². The van der Waals surface area contributed by atoms with E-state index in [-0.39, 0.29) is 6.04 Å². The molecule has 2 fully saturated rings. The zero-order chi connectivity index (χ0) is 17.9. The van der Waals surface area contributed by atoms with Crippen LogP contribution < -0.4 is 5.32 Å². The number of carboxylic acids is 1. The van der Waals surface area contributed by atoms with Gasteiger partial charge in [0.1, 0.15) is 0 Å². The molecule has 0 amide bonds. The van der Waals surface area contributed by atoms with Crippen LogP contribution in [0.5, 0.6) is 0 Å². The molecule has 2 atom stereocenters. The largest absolute Gasteiger partial charge is 0.481 e. The van der Waals surface area contributed by atoms with Crippen molar-refractivity contribution >= 4 is 11.9 Å². The maximum Gasteiger partial charge on any atom is 0.311 e. The van der Waals surface area contributed by atoms with E-state index in [1.54, 1.807) is 0 Å². The highest BCUT2D eigenvalue weighted by molar-refractivity contribution is 5.76. The molecule has 1 aromatic heterocycles. The lowest BCUT2D eigenvalue weighted by atomic mass is 9.68. The highest BCUT2D eigenvalue weighted by Gasteiger charge is 2.52. The Morgan fingerprint density at radius 3 is 2.80 bits per heavy atom. The molecule has 0 unspecified atom stereocenters. The van der Waals surface area contributed by atoms with Crippen LogP contribution in [0.4, 0.5) is 5.95 Å². The Hall–Kier alpha value is -1.73. The van der Waals surface area contributed by atoms with Crippen LogP contribution in [0.3, 0.4) is 0 Å². The van der Waals surface area contributed by atoms with E-state index in [1.165, 1.54) is 0 Å². The topological polar surface area (TPSA) is 81.6 Å². The summed E-state index contributed by atoms with van der Waals surface area (Å²) in [7, 11) is 2.06. The van der Waals surface area contributed by atoms with Gasteiger partial charge in [-0.15, -0.1) is 0 Å². The summed E-state index contributed by atoms with van der Waals surface area (Å²) in [5.41, 5.74) is 0.497. The average molecular weight is 347 g/mol. The predicted octanol–water partition coefficient (Wildman–Crippen LogP) is 1.67. The molecule has 2 N–H and O–H groups in total. The molecule has 2 aliphatic heterocycles. The van der Waals surface area contributed by atoms with Gasteiger partial charge in [-0.05, 0) is 45.8 Å². The van der Waals surface area contributed by atoms with E-state index in [4.69, 9.17) is 0 Å². The molecule has 0 saturated carbocycles. The zero-order valence-electron chi connectivity index (χ0n) is 15.2. The molecule has 25 heavy (non-hydrogen) atoms. The lowest BCUT2D eigenvalue weighted by molar-refractivity contribution is -0.162. The van der Waals surface area contributed by atoms with Gasteiger partial charge < -0.3 is 15.3 Å². The van der Waals surface area contributed by atoms with Crippen LogP contribution in [0.2, 0.25) is 0 Å². The molecule has 0 bridgehead atoms. The molecule has 2 aliphatic rings. The van der Waals surface area contributed by atoms with Gasteiger partial charge >= 0.3 is 5.97 Å². The van der Waals surface area contributed by atoms with E-state index >= 15 is 0 Å². The van der Waals surface area contributed by atoms with Crippen LogP contribution in [0.15, 0.2) is 12.4 Å². The molecule has 3 heterocycles. The van der Waals surface area contributed by atoms with Gasteiger partial charge in [-0.2, -0.15) is 0 Å². The van der Waals surface area contributed by atoms with Crippen LogP contribution >= 0.6 is 0 Å². The van der Waals surface area contributed by atoms with Crippen molar-refractivity contribution in [3.05, 3.63) is 18.0 Å². The van der Waals surface area contributed by atoms with Crippen LogP contribution in [0.1, 0.15) is 38.2 Å². The summed E-state index contributed by atoms with van der Waals surface area (Å²) in [6.07, 6.45) is 7.27. The molecule has 7 heteroatoms. The molecule has 138 valence electrons. The summed E-state index contributed by atoms with van der Waals surface area (Å²) in [6, 6.07) is 0.0823. The van der Waals surface area contributed by atoms with Crippen molar-refractivity contribution in [1.82, 2.24) is 19.8 Å². The summed E-state index contributed by atoms with van der Waals surface area (Å²) in [4.78, 5) is 25.3. The van der Waals surface area contributed by atoms with Crippen molar-refractivity contribution in [3.63, 3.8) is 0 Å². The molecular weight excluding hydrogens is 318 g/mol. The van der Waals surface area contributed by atoms with Crippen molar-refractivity contribution in [1.29, 1.82) is 0 Å². The Balaban J connectivity index is 1.64. The number of anilines is 1. The van der Waals surface area contributed by atoms with Crippen molar-refractivity contribution < 1.29 is 9.90 Å². The number of fused-ring (bicyclic) bond motifs is 1. The fourth-order valence-electron chi connectivity index (χ4n) is 4.21. The number of nitrogens with one attached hydrogen (secondary N) is 1. The summed E-state index contributed by atoms with van der Waals surface area (Å²) in [5.74, 6) is 0.0412. The first-order valence-electron chi connectivity index (χ1n) is 9.26. The normalized spacial score (nSPS) is 27.7. The number of likely N-dealkylation sites (N-methyl/N-ethyl adjacent to an activating group) is 1. The molecule has 3 rings (SSSR count). The Labute approximate surface area is 149 Å². The molecule has 0 aromatic carbocycles. The first-order valence-corrected chi connectivity index (χ1v) is 9.26. The van der Waals surface area contributed by atoms with Gasteiger partial charge in [-0.3, -0.25) is 9.69 Å². The number of likely N-dealkylation sites (tertiary alicyclic amines) is 2. The lowest BCUT2D eigenvalue weighted by Gasteiger charge is -2.51. The highest BCUT2D eigenvalue weighted by Crippen LogP contribution is 2.42. The first-order chi connectivity index (χ1) is 12.0. The van der Waals surface area contributed by atoms with Crippen molar-refractivity contribution in [2.24, 2.45) is 5.41 Å². The highest BCUT2D eigenvalue weighted by atomic mass is 16.4. The second-order valence-electron chi connectivity index (χ2n) is 7.39. The summed E-state index contributed by atoms with van der Waals surface area (Å²) in [6.45, 7) is 6.33. The van der Waals surface area contributed by atoms with E-state index < -0.39 is 11.4 Å². The molecule has 0 radical (unpaired) electrons. The number of aliphatic carboxylic acids is 1. The van der Waals surface area contributed by atoms with Gasteiger partial charge in [-0.25, -0.2) is 9.97 Å². The van der Waals surface area contributed by atoms with E-state index in [0.717, 1.165) is 57.5 Å². The summed E-state index contributed by atoms with van der Waals surface area (Å²) >= 11 is 0. The number of carbonyl (C=O) groups is 1. The van der Waals surface area contributed by atoms with Crippen LogP contribution in [0.25, 0.3) is 0 Å². The van der Waals surface area contributed by atoms with E-state index in [9.17, 15) is 9.90 Å². The minimum Gasteiger partial charge on any atom is -0.481 e. The molecule has 7 nitrogen and oxygen atoms in total. The van der Waals surface area contributed by atoms with Crippen molar-refractivity contribution in [3.8, 4) is 0 Å². The number of carboxylic acid groups (broad SMARTS) is 1. The monoisotopic (exact) mass is 347 g/mol. The molecule has 1 aromatic rings. The van der Waals surface area contributed by atoms with Crippen LogP contribution in [-0.2, 0) is 11.3 Å². The van der Waals surface area contributed by atoms with Gasteiger partial charge in [0.05, 0.1) is 5.41 Å². The maximum absolute atomic E-state index is 12.0. The fraction of sp³-hybridized carbons (Fsp3) is 0.722. The first kappa shape index (κ1) is 18.1.